The quantitative estimate of drug-likeness (QED) is 0.701. The third kappa shape index (κ3) is 3.57. The fourth-order valence-electron chi connectivity index (χ4n) is 2.49. The van der Waals surface area contributed by atoms with Crippen molar-refractivity contribution in [2.24, 2.45) is 0 Å². The highest BCUT2D eigenvalue weighted by molar-refractivity contribution is 5.30. The van der Waals surface area contributed by atoms with Gasteiger partial charge in [-0.2, -0.15) is 0 Å². The third-order valence-electron chi connectivity index (χ3n) is 3.87. The molecule has 1 aromatic carbocycles. The molecule has 0 fully saturated rings. The second-order valence-corrected chi connectivity index (χ2v) is 5.03. The van der Waals surface area contributed by atoms with Crippen LogP contribution in [0.3, 0.4) is 0 Å². The first-order valence-electron chi connectivity index (χ1n) is 6.96. The molecule has 0 atom stereocenters. The number of benzene rings is 1. The molecule has 0 heterocycles. The fraction of sp³-hybridized carbons (Fsp3) is 0.625. The van der Waals surface area contributed by atoms with Crippen LogP contribution >= 0.6 is 0 Å². The highest BCUT2D eigenvalue weighted by atomic mass is 14.9. The monoisotopic (exact) mass is 233 g/mol. The summed E-state index contributed by atoms with van der Waals surface area (Å²) >= 11 is 0. The van der Waals surface area contributed by atoms with Gasteiger partial charge in [0.2, 0.25) is 0 Å². The first-order valence-corrected chi connectivity index (χ1v) is 6.96. The molecule has 1 N–H and O–H groups in total. The van der Waals surface area contributed by atoms with Crippen molar-refractivity contribution in [1.82, 2.24) is 5.32 Å². The van der Waals surface area contributed by atoms with Crippen LogP contribution in [0.2, 0.25) is 0 Å². The fourth-order valence-corrected chi connectivity index (χ4v) is 2.49. The molecule has 17 heavy (non-hydrogen) atoms. The molecule has 0 saturated heterocycles. The molecule has 0 aliphatic heterocycles. The lowest BCUT2D eigenvalue weighted by Gasteiger charge is -2.33. The van der Waals surface area contributed by atoms with Crippen molar-refractivity contribution in [2.75, 3.05) is 13.1 Å². The van der Waals surface area contributed by atoms with E-state index in [-0.39, 0.29) is 0 Å². The van der Waals surface area contributed by atoms with E-state index in [2.05, 4.69) is 57.3 Å². The summed E-state index contributed by atoms with van der Waals surface area (Å²) in [5.41, 5.74) is 3.16. The lowest BCUT2D eigenvalue weighted by Crippen LogP contribution is -2.37. The van der Waals surface area contributed by atoms with E-state index in [9.17, 15) is 0 Å². The predicted octanol–water partition coefficient (Wildman–Crippen LogP) is 4.05. The van der Waals surface area contributed by atoms with Gasteiger partial charge in [0.1, 0.15) is 0 Å². The van der Waals surface area contributed by atoms with E-state index in [0.29, 0.717) is 5.41 Å². The standard InChI is InChI=1S/C16H27N/c1-5-11-17-13-16(6-2,7-3)15-10-8-9-14(4)12-15/h8-10,12,17H,5-7,11,13H2,1-4H3. The summed E-state index contributed by atoms with van der Waals surface area (Å²) in [6.07, 6.45) is 3.60. The number of hydrogen-bond acceptors (Lipinski definition) is 1. The van der Waals surface area contributed by atoms with E-state index >= 15 is 0 Å². The molecule has 0 aliphatic carbocycles. The van der Waals surface area contributed by atoms with Gasteiger partial charge in [-0.3, -0.25) is 0 Å². The van der Waals surface area contributed by atoms with Crippen LogP contribution in [0.4, 0.5) is 0 Å². The molecular formula is C16H27N. The Bertz CT molecular complexity index is 326. The molecule has 0 amide bonds. The van der Waals surface area contributed by atoms with Gasteiger partial charge in [-0.05, 0) is 38.3 Å². The summed E-state index contributed by atoms with van der Waals surface area (Å²) in [4.78, 5) is 0. The van der Waals surface area contributed by atoms with E-state index in [4.69, 9.17) is 0 Å². The molecule has 0 aromatic heterocycles. The van der Waals surface area contributed by atoms with Crippen LogP contribution in [-0.2, 0) is 5.41 Å². The molecule has 1 nitrogen and oxygen atoms in total. The van der Waals surface area contributed by atoms with Crippen molar-refractivity contribution < 1.29 is 0 Å². The second kappa shape index (κ2) is 6.80. The molecule has 0 unspecified atom stereocenters. The lowest BCUT2D eigenvalue weighted by atomic mass is 9.75. The second-order valence-electron chi connectivity index (χ2n) is 5.03. The summed E-state index contributed by atoms with van der Waals surface area (Å²) in [7, 11) is 0. The molecule has 1 rings (SSSR count). The first-order chi connectivity index (χ1) is 8.18. The van der Waals surface area contributed by atoms with Crippen molar-refractivity contribution in [3.05, 3.63) is 35.4 Å². The van der Waals surface area contributed by atoms with Gasteiger partial charge in [0.25, 0.3) is 0 Å². The Labute approximate surface area is 107 Å². The van der Waals surface area contributed by atoms with Crippen LogP contribution < -0.4 is 5.32 Å². The number of nitrogens with one attached hydrogen (secondary N) is 1. The molecule has 0 bridgehead atoms. The summed E-state index contributed by atoms with van der Waals surface area (Å²) in [5.74, 6) is 0. The van der Waals surface area contributed by atoms with Gasteiger partial charge in [0.05, 0.1) is 0 Å². The molecular weight excluding hydrogens is 206 g/mol. The third-order valence-corrected chi connectivity index (χ3v) is 3.87. The van der Waals surface area contributed by atoms with Crippen LogP contribution in [0, 0.1) is 6.92 Å². The SMILES string of the molecule is CCCNCC(CC)(CC)c1cccc(C)c1. The minimum absolute atomic E-state index is 0.307. The zero-order chi connectivity index (χ0) is 12.7. The van der Waals surface area contributed by atoms with Crippen LogP contribution in [0.1, 0.15) is 51.2 Å². The van der Waals surface area contributed by atoms with Gasteiger partial charge in [-0.25, -0.2) is 0 Å². The largest absolute Gasteiger partial charge is 0.316 e. The topological polar surface area (TPSA) is 12.0 Å². The molecule has 0 aliphatic rings. The Morgan fingerprint density at radius 1 is 1.12 bits per heavy atom. The minimum atomic E-state index is 0.307. The van der Waals surface area contributed by atoms with E-state index in [1.165, 1.54) is 30.4 Å². The van der Waals surface area contributed by atoms with Crippen LogP contribution in [-0.4, -0.2) is 13.1 Å². The minimum Gasteiger partial charge on any atom is -0.316 e. The molecule has 0 saturated carbocycles. The molecule has 0 radical (unpaired) electrons. The highest BCUT2D eigenvalue weighted by Crippen LogP contribution is 2.31. The molecule has 1 heteroatoms. The Morgan fingerprint density at radius 3 is 2.35 bits per heavy atom. The summed E-state index contributed by atoms with van der Waals surface area (Å²) in [6.45, 7) is 11.2. The van der Waals surface area contributed by atoms with Crippen molar-refractivity contribution >= 4 is 0 Å². The summed E-state index contributed by atoms with van der Waals surface area (Å²) < 4.78 is 0. The van der Waals surface area contributed by atoms with Crippen molar-refractivity contribution in [3.63, 3.8) is 0 Å². The van der Waals surface area contributed by atoms with Gasteiger partial charge in [0.15, 0.2) is 0 Å². The zero-order valence-electron chi connectivity index (χ0n) is 11.8. The summed E-state index contributed by atoms with van der Waals surface area (Å²) in [6, 6.07) is 9.00. The van der Waals surface area contributed by atoms with E-state index < -0.39 is 0 Å². The Hall–Kier alpha value is -0.820. The Morgan fingerprint density at radius 2 is 1.82 bits per heavy atom. The maximum absolute atomic E-state index is 3.60. The van der Waals surface area contributed by atoms with Gasteiger partial charge in [-0.15, -0.1) is 0 Å². The molecule has 1 aromatic rings. The van der Waals surface area contributed by atoms with E-state index in [1.807, 2.05) is 0 Å². The maximum Gasteiger partial charge on any atom is 0.00726 e. The number of hydrogen-bond donors (Lipinski definition) is 1. The Balaban J connectivity index is 2.89. The maximum atomic E-state index is 3.60. The number of aryl methyl sites for hydroxylation is 1. The normalized spacial score (nSPS) is 11.8. The highest BCUT2D eigenvalue weighted by Gasteiger charge is 2.27. The van der Waals surface area contributed by atoms with E-state index in [0.717, 1.165) is 13.1 Å². The van der Waals surface area contributed by atoms with Gasteiger partial charge in [-0.1, -0.05) is 50.6 Å². The van der Waals surface area contributed by atoms with Gasteiger partial charge < -0.3 is 5.32 Å². The van der Waals surface area contributed by atoms with Crippen LogP contribution in [0.25, 0.3) is 0 Å². The van der Waals surface area contributed by atoms with Gasteiger partial charge >= 0.3 is 0 Å². The molecule has 96 valence electrons. The van der Waals surface area contributed by atoms with Crippen molar-refractivity contribution in [2.45, 2.75) is 52.4 Å². The van der Waals surface area contributed by atoms with Crippen LogP contribution in [0.15, 0.2) is 24.3 Å². The molecule has 0 spiro atoms. The van der Waals surface area contributed by atoms with Gasteiger partial charge in [0, 0.05) is 12.0 Å². The zero-order valence-corrected chi connectivity index (χ0v) is 11.8. The van der Waals surface area contributed by atoms with E-state index in [1.54, 1.807) is 0 Å². The van der Waals surface area contributed by atoms with Crippen molar-refractivity contribution in [3.8, 4) is 0 Å². The number of rotatable bonds is 7. The smallest absolute Gasteiger partial charge is 0.00726 e. The average molecular weight is 233 g/mol. The van der Waals surface area contributed by atoms with Crippen LogP contribution in [0.5, 0.6) is 0 Å². The predicted molar refractivity (Wildman–Crippen MR) is 76.6 cm³/mol. The first kappa shape index (κ1) is 14.2. The Kier molecular flexibility index (Phi) is 5.70. The summed E-state index contributed by atoms with van der Waals surface area (Å²) in [5, 5.41) is 3.60. The lowest BCUT2D eigenvalue weighted by molar-refractivity contribution is 0.369. The van der Waals surface area contributed by atoms with Crippen molar-refractivity contribution in [1.29, 1.82) is 0 Å². The average Bonchev–Trinajstić information content (AvgIpc) is 2.35.